The van der Waals surface area contributed by atoms with E-state index in [4.69, 9.17) is 4.74 Å². The lowest BCUT2D eigenvalue weighted by molar-refractivity contribution is 0.0592. The fraction of sp³-hybridized carbons (Fsp3) is 0.400. The molecule has 1 heterocycles. The lowest BCUT2D eigenvalue weighted by atomic mass is 10.2. The highest BCUT2D eigenvalue weighted by molar-refractivity contribution is 5.99. The van der Waals surface area contributed by atoms with E-state index < -0.39 is 5.97 Å². The van der Waals surface area contributed by atoms with Crippen LogP contribution in [0.5, 0.6) is 5.75 Å². The van der Waals surface area contributed by atoms with Crippen LogP contribution in [0.15, 0.2) is 0 Å². The first kappa shape index (κ1) is 11.3. The summed E-state index contributed by atoms with van der Waals surface area (Å²) in [6.07, 6.45) is 0.584. The summed E-state index contributed by atoms with van der Waals surface area (Å²) < 4.78 is 9.80. The molecule has 82 valence electrons. The summed E-state index contributed by atoms with van der Waals surface area (Å²) in [7, 11) is 1.26. The zero-order chi connectivity index (χ0) is 11.4. The van der Waals surface area contributed by atoms with Gasteiger partial charge in [0.25, 0.3) is 0 Å². The molecule has 0 radical (unpaired) electrons. The van der Waals surface area contributed by atoms with Crippen molar-refractivity contribution in [3.63, 3.8) is 0 Å². The van der Waals surface area contributed by atoms with E-state index in [1.165, 1.54) is 7.11 Å². The van der Waals surface area contributed by atoms with Gasteiger partial charge in [-0.15, -0.1) is 0 Å². The molecule has 0 bridgehead atoms. The third kappa shape index (κ3) is 2.01. The standard InChI is InChI=1S/C10H13NO4/c1-4-15-9-6(2)11-8(7(9)5-12)10(13)14-3/h5,11H,4H2,1-3H3. The van der Waals surface area contributed by atoms with Crippen molar-refractivity contribution in [2.24, 2.45) is 0 Å². The topological polar surface area (TPSA) is 68.4 Å². The predicted molar refractivity (Wildman–Crippen MR) is 53.4 cm³/mol. The molecule has 1 N–H and O–H groups in total. The molecule has 0 saturated heterocycles. The molecule has 0 aliphatic rings. The normalized spacial score (nSPS) is 9.80. The lowest BCUT2D eigenvalue weighted by Gasteiger charge is -2.02. The van der Waals surface area contributed by atoms with Gasteiger partial charge in [0.1, 0.15) is 5.69 Å². The number of esters is 1. The second-order valence-corrected chi connectivity index (χ2v) is 2.91. The number of aromatic nitrogens is 1. The highest BCUT2D eigenvalue weighted by Crippen LogP contribution is 2.25. The van der Waals surface area contributed by atoms with Gasteiger partial charge < -0.3 is 14.5 Å². The van der Waals surface area contributed by atoms with E-state index in [0.717, 1.165) is 0 Å². The number of hydrogen-bond donors (Lipinski definition) is 1. The molecule has 1 aromatic rings. The summed E-state index contributed by atoms with van der Waals surface area (Å²) in [6, 6.07) is 0. The van der Waals surface area contributed by atoms with Crippen molar-refractivity contribution in [2.75, 3.05) is 13.7 Å². The third-order valence-corrected chi connectivity index (χ3v) is 1.96. The monoisotopic (exact) mass is 211 g/mol. The summed E-state index contributed by atoms with van der Waals surface area (Å²) >= 11 is 0. The van der Waals surface area contributed by atoms with Gasteiger partial charge in [-0.2, -0.15) is 0 Å². The molecule has 0 fully saturated rings. The molecule has 15 heavy (non-hydrogen) atoms. The van der Waals surface area contributed by atoms with Gasteiger partial charge in [0.2, 0.25) is 0 Å². The highest BCUT2D eigenvalue weighted by atomic mass is 16.5. The molecular weight excluding hydrogens is 198 g/mol. The Morgan fingerprint density at radius 2 is 2.20 bits per heavy atom. The van der Waals surface area contributed by atoms with Crippen LogP contribution in [-0.4, -0.2) is 31.0 Å². The van der Waals surface area contributed by atoms with Gasteiger partial charge in [-0.3, -0.25) is 4.79 Å². The van der Waals surface area contributed by atoms with Crippen LogP contribution >= 0.6 is 0 Å². The molecule has 5 nitrogen and oxygen atoms in total. The maximum absolute atomic E-state index is 11.3. The van der Waals surface area contributed by atoms with E-state index in [1.54, 1.807) is 13.8 Å². The van der Waals surface area contributed by atoms with Crippen LogP contribution in [0.4, 0.5) is 0 Å². The molecule has 0 amide bonds. The number of hydrogen-bond acceptors (Lipinski definition) is 4. The summed E-state index contributed by atoms with van der Waals surface area (Å²) in [5.74, 6) is -0.168. The number of rotatable bonds is 4. The van der Waals surface area contributed by atoms with Crippen LogP contribution in [0.3, 0.4) is 0 Å². The number of H-pyrrole nitrogens is 1. The predicted octanol–water partition coefficient (Wildman–Crippen LogP) is 1.32. The summed E-state index contributed by atoms with van der Waals surface area (Å²) in [5, 5.41) is 0. The smallest absolute Gasteiger partial charge is 0.355 e. The van der Waals surface area contributed by atoms with Gasteiger partial charge in [0.05, 0.1) is 25.0 Å². The number of aromatic amines is 1. The summed E-state index contributed by atoms with van der Waals surface area (Å²) in [5.41, 5.74) is 0.981. The Morgan fingerprint density at radius 3 is 2.67 bits per heavy atom. The van der Waals surface area contributed by atoms with Gasteiger partial charge in [0.15, 0.2) is 12.0 Å². The molecule has 0 aliphatic carbocycles. The number of aldehydes is 1. The van der Waals surface area contributed by atoms with Gasteiger partial charge >= 0.3 is 5.97 Å². The zero-order valence-corrected chi connectivity index (χ0v) is 8.92. The molecule has 0 unspecified atom stereocenters. The van der Waals surface area contributed by atoms with Crippen molar-refractivity contribution in [3.05, 3.63) is 17.0 Å². The lowest BCUT2D eigenvalue weighted by Crippen LogP contribution is -2.05. The number of nitrogens with one attached hydrogen (secondary N) is 1. The number of aryl methyl sites for hydroxylation is 1. The number of ether oxygens (including phenoxy) is 2. The maximum atomic E-state index is 11.3. The number of methoxy groups -OCH3 is 1. The van der Waals surface area contributed by atoms with E-state index >= 15 is 0 Å². The van der Waals surface area contributed by atoms with Crippen molar-refractivity contribution in [1.82, 2.24) is 4.98 Å². The molecule has 0 atom stereocenters. The molecular formula is C10H13NO4. The van der Waals surface area contributed by atoms with E-state index in [9.17, 15) is 9.59 Å². The minimum Gasteiger partial charge on any atom is -0.491 e. The Hall–Kier alpha value is -1.78. The molecule has 0 aliphatic heterocycles. The molecule has 5 heteroatoms. The van der Waals surface area contributed by atoms with E-state index in [2.05, 4.69) is 9.72 Å². The molecule has 1 aromatic heterocycles. The second-order valence-electron chi connectivity index (χ2n) is 2.91. The first-order valence-corrected chi connectivity index (χ1v) is 4.54. The molecule has 0 aromatic carbocycles. The van der Waals surface area contributed by atoms with E-state index in [0.29, 0.717) is 24.3 Å². The minimum atomic E-state index is -0.578. The van der Waals surface area contributed by atoms with E-state index in [-0.39, 0.29) is 11.3 Å². The zero-order valence-electron chi connectivity index (χ0n) is 8.92. The first-order valence-electron chi connectivity index (χ1n) is 4.54. The van der Waals surface area contributed by atoms with Crippen molar-refractivity contribution in [3.8, 4) is 5.75 Å². The summed E-state index contributed by atoms with van der Waals surface area (Å²) in [6.45, 7) is 3.96. The number of carbonyl (C=O) groups excluding carboxylic acids is 2. The van der Waals surface area contributed by atoms with Gasteiger partial charge in [-0.25, -0.2) is 4.79 Å². The second kappa shape index (κ2) is 4.63. The fourth-order valence-electron chi connectivity index (χ4n) is 1.33. The van der Waals surface area contributed by atoms with Crippen LogP contribution in [-0.2, 0) is 4.74 Å². The van der Waals surface area contributed by atoms with Crippen LogP contribution < -0.4 is 4.74 Å². The van der Waals surface area contributed by atoms with Crippen molar-refractivity contribution >= 4 is 12.3 Å². The molecule has 0 saturated carbocycles. The summed E-state index contributed by atoms with van der Waals surface area (Å²) in [4.78, 5) is 24.9. The van der Waals surface area contributed by atoms with Crippen molar-refractivity contribution in [1.29, 1.82) is 0 Å². The Bertz CT molecular complexity index is 381. The first-order chi connectivity index (χ1) is 7.15. The van der Waals surface area contributed by atoms with Crippen LogP contribution in [0, 0.1) is 6.92 Å². The SMILES string of the molecule is CCOc1c(C)[nH]c(C(=O)OC)c1C=O. The fourth-order valence-corrected chi connectivity index (χ4v) is 1.33. The largest absolute Gasteiger partial charge is 0.491 e. The van der Waals surface area contributed by atoms with Crippen LogP contribution in [0.1, 0.15) is 33.5 Å². The highest BCUT2D eigenvalue weighted by Gasteiger charge is 2.21. The molecule has 1 rings (SSSR count). The third-order valence-electron chi connectivity index (χ3n) is 1.96. The Kier molecular flexibility index (Phi) is 3.49. The van der Waals surface area contributed by atoms with Gasteiger partial charge in [-0.1, -0.05) is 0 Å². The Balaban J connectivity index is 3.24. The van der Waals surface area contributed by atoms with Crippen molar-refractivity contribution in [2.45, 2.75) is 13.8 Å². The Labute approximate surface area is 87.4 Å². The van der Waals surface area contributed by atoms with Crippen LogP contribution in [0.2, 0.25) is 0 Å². The molecule has 0 spiro atoms. The van der Waals surface area contributed by atoms with Crippen LogP contribution in [0.25, 0.3) is 0 Å². The van der Waals surface area contributed by atoms with E-state index in [1.807, 2.05) is 0 Å². The number of carbonyl (C=O) groups is 2. The average Bonchev–Trinajstić information content (AvgIpc) is 2.55. The van der Waals surface area contributed by atoms with Gasteiger partial charge in [0, 0.05) is 0 Å². The van der Waals surface area contributed by atoms with Gasteiger partial charge in [-0.05, 0) is 13.8 Å². The quantitative estimate of drug-likeness (QED) is 0.602. The average molecular weight is 211 g/mol. The maximum Gasteiger partial charge on any atom is 0.355 e. The minimum absolute atomic E-state index is 0.133. The Morgan fingerprint density at radius 1 is 1.53 bits per heavy atom. The van der Waals surface area contributed by atoms with Crippen molar-refractivity contribution < 1.29 is 19.1 Å².